The molecule has 3 heteroatoms. The zero-order valence-corrected chi connectivity index (χ0v) is 6.29. The molecule has 0 unspecified atom stereocenters. The lowest BCUT2D eigenvalue weighted by Crippen LogP contribution is -1.81. The lowest BCUT2D eigenvalue weighted by atomic mass is 10.2. The molecule has 11 heavy (non-hydrogen) atoms. The molecule has 0 aromatic rings. The highest BCUT2D eigenvalue weighted by Crippen LogP contribution is 1.96. The van der Waals surface area contributed by atoms with Gasteiger partial charge >= 0.3 is 6.16 Å². The molecule has 0 heterocycles. The van der Waals surface area contributed by atoms with Crippen LogP contribution in [0.5, 0.6) is 0 Å². The standard InChI is InChI=1S/C7H10.CH2O3/c1-4-6-7(3)5-2;2-1(3)4/h4-5H,1-3,6H2;(H2,2,3,4). The average molecular weight is 156 g/mol. The average Bonchev–Trinajstić information content (AvgIpc) is 1.87. The minimum Gasteiger partial charge on any atom is -0.450 e. The molecule has 3 nitrogen and oxygen atoms in total. The summed E-state index contributed by atoms with van der Waals surface area (Å²) in [5.74, 6) is 0. The fourth-order valence-corrected chi connectivity index (χ4v) is 0.269. The van der Waals surface area contributed by atoms with Gasteiger partial charge in [-0.1, -0.05) is 30.9 Å². The van der Waals surface area contributed by atoms with Gasteiger partial charge < -0.3 is 10.2 Å². The Morgan fingerprint density at radius 1 is 1.36 bits per heavy atom. The Hall–Kier alpha value is -1.51. The summed E-state index contributed by atoms with van der Waals surface area (Å²) in [6, 6.07) is 0. The minimum atomic E-state index is -1.83. The lowest BCUT2D eigenvalue weighted by Gasteiger charge is -1.85. The molecule has 0 fully saturated rings. The molecule has 0 saturated heterocycles. The van der Waals surface area contributed by atoms with Crippen molar-refractivity contribution in [3.05, 3.63) is 37.5 Å². The molecule has 0 radical (unpaired) electrons. The molecule has 0 aromatic heterocycles. The summed E-state index contributed by atoms with van der Waals surface area (Å²) in [5.41, 5.74) is 1.02. The monoisotopic (exact) mass is 156 g/mol. The van der Waals surface area contributed by atoms with Crippen LogP contribution in [-0.2, 0) is 0 Å². The highest BCUT2D eigenvalue weighted by Gasteiger charge is 1.76. The van der Waals surface area contributed by atoms with E-state index in [-0.39, 0.29) is 0 Å². The Balaban J connectivity index is 0. The minimum absolute atomic E-state index is 0.851. The first-order chi connectivity index (χ1) is 5.04. The van der Waals surface area contributed by atoms with E-state index in [0.29, 0.717) is 0 Å². The van der Waals surface area contributed by atoms with Crippen molar-refractivity contribution in [1.82, 2.24) is 0 Å². The summed E-state index contributed by atoms with van der Waals surface area (Å²) < 4.78 is 0. The van der Waals surface area contributed by atoms with Crippen LogP contribution in [0.2, 0.25) is 0 Å². The summed E-state index contributed by atoms with van der Waals surface area (Å²) in [7, 11) is 0. The third-order valence-electron chi connectivity index (χ3n) is 0.695. The van der Waals surface area contributed by atoms with Gasteiger partial charge in [-0.2, -0.15) is 0 Å². The number of carboxylic acid groups (broad SMARTS) is 2. The number of hydrogen-bond donors (Lipinski definition) is 2. The molecule has 0 atom stereocenters. The first kappa shape index (κ1) is 12.2. The van der Waals surface area contributed by atoms with Crippen molar-refractivity contribution in [3.63, 3.8) is 0 Å². The smallest absolute Gasteiger partial charge is 0.450 e. The maximum atomic E-state index is 8.56. The van der Waals surface area contributed by atoms with Gasteiger partial charge in [-0.15, -0.1) is 6.58 Å². The number of hydrogen-bond acceptors (Lipinski definition) is 1. The Labute approximate surface area is 66.0 Å². The highest BCUT2D eigenvalue weighted by molar-refractivity contribution is 5.53. The molecule has 0 saturated carbocycles. The molecule has 0 aliphatic rings. The van der Waals surface area contributed by atoms with Gasteiger partial charge in [0.25, 0.3) is 0 Å². The maximum Gasteiger partial charge on any atom is 0.503 e. The van der Waals surface area contributed by atoms with E-state index in [1.54, 1.807) is 6.08 Å². The Morgan fingerprint density at radius 3 is 1.82 bits per heavy atom. The van der Waals surface area contributed by atoms with E-state index in [1.165, 1.54) is 0 Å². The lowest BCUT2D eigenvalue weighted by molar-refractivity contribution is 0.137. The van der Waals surface area contributed by atoms with E-state index in [4.69, 9.17) is 15.0 Å². The molecular formula is C8H12O3. The van der Waals surface area contributed by atoms with Crippen molar-refractivity contribution in [2.75, 3.05) is 0 Å². The van der Waals surface area contributed by atoms with E-state index in [9.17, 15) is 0 Å². The van der Waals surface area contributed by atoms with Crippen LogP contribution >= 0.6 is 0 Å². The van der Waals surface area contributed by atoms with Gasteiger partial charge in [0.15, 0.2) is 0 Å². The molecule has 62 valence electrons. The first-order valence-electron chi connectivity index (χ1n) is 2.87. The van der Waals surface area contributed by atoms with Crippen LogP contribution in [0, 0.1) is 0 Å². The van der Waals surface area contributed by atoms with Gasteiger partial charge in [-0.25, -0.2) is 4.79 Å². The third kappa shape index (κ3) is 29.4. The van der Waals surface area contributed by atoms with Crippen LogP contribution < -0.4 is 0 Å². The predicted octanol–water partition coefficient (Wildman–Crippen LogP) is 2.53. The normalized spacial score (nSPS) is 6.91. The van der Waals surface area contributed by atoms with Crippen LogP contribution in [0.1, 0.15) is 6.42 Å². The van der Waals surface area contributed by atoms with Gasteiger partial charge in [0, 0.05) is 0 Å². The molecular weight excluding hydrogens is 144 g/mol. The molecule has 0 rings (SSSR count). The SMILES string of the molecule is C=CCC(=C)C=C.O=C(O)O. The topological polar surface area (TPSA) is 57.5 Å². The highest BCUT2D eigenvalue weighted by atomic mass is 16.6. The van der Waals surface area contributed by atoms with Crippen molar-refractivity contribution >= 4 is 6.16 Å². The number of allylic oxidation sites excluding steroid dienone is 3. The van der Waals surface area contributed by atoms with Crippen molar-refractivity contribution in [2.45, 2.75) is 6.42 Å². The quantitative estimate of drug-likeness (QED) is 0.487. The van der Waals surface area contributed by atoms with Gasteiger partial charge in [0.1, 0.15) is 0 Å². The van der Waals surface area contributed by atoms with Crippen molar-refractivity contribution < 1.29 is 15.0 Å². The molecule has 0 aliphatic heterocycles. The van der Waals surface area contributed by atoms with Crippen LogP contribution in [0.3, 0.4) is 0 Å². The Morgan fingerprint density at radius 2 is 1.73 bits per heavy atom. The first-order valence-corrected chi connectivity index (χ1v) is 2.87. The zero-order chi connectivity index (χ0) is 9.28. The predicted molar refractivity (Wildman–Crippen MR) is 44.8 cm³/mol. The molecule has 0 aliphatic carbocycles. The summed E-state index contributed by atoms with van der Waals surface area (Å²) in [6.45, 7) is 10.7. The molecule has 0 spiro atoms. The van der Waals surface area contributed by atoms with E-state index in [0.717, 1.165) is 12.0 Å². The van der Waals surface area contributed by atoms with Crippen LogP contribution in [-0.4, -0.2) is 16.4 Å². The van der Waals surface area contributed by atoms with E-state index < -0.39 is 6.16 Å². The second kappa shape index (κ2) is 8.49. The molecule has 0 aromatic carbocycles. The van der Waals surface area contributed by atoms with Gasteiger partial charge in [0.05, 0.1) is 0 Å². The van der Waals surface area contributed by atoms with Gasteiger partial charge in [0.2, 0.25) is 0 Å². The number of rotatable bonds is 3. The van der Waals surface area contributed by atoms with E-state index in [1.807, 2.05) is 6.08 Å². The summed E-state index contributed by atoms with van der Waals surface area (Å²) in [5, 5.41) is 13.9. The Bertz CT molecular complexity index is 155. The second-order valence-electron chi connectivity index (χ2n) is 1.64. The fraction of sp³-hybridized carbons (Fsp3) is 0.125. The molecule has 0 amide bonds. The summed E-state index contributed by atoms with van der Waals surface area (Å²) in [4.78, 5) is 8.56. The fourth-order valence-electron chi connectivity index (χ4n) is 0.269. The zero-order valence-electron chi connectivity index (χ0n) is 6.29. The van der Waals surface area contributed by atoms with E-state index in [2.05, 4.69) is 19.7 Å². The Kier molecular flexibility index (Phi) is 9.41. The third-order valence-corrected chi connectivity index (χ3v) is 0.695. The molecule has 0 bridgehead atoms. The summed E-state index contributed by atoms with van der Waals surface area (Å²) in [6.07, 6.45) is 2.56. The van der Waals surface area contributed by atoms with E-state index >= 15 is 0 Å². The largest absolute Gasteiger partial charge is 0.503 e. The summed E-state index contributed by atoms with van der Waals surface area (Å²) >= 11 is 0. The maximum absolute atomic E-state index is 8.56. The number of carbonyl (C=O) groups is 1. The van der Waals surface area contributed by atoms with Crippen molar-refractivity contribution in [3.8, 4) is 0 Å². The van der Waals surface area contributed by atoms with Gasteiger partial charge in [-0.05, 0) is 6.42 Å². The van der Waals surface area contributed by atoms with Crippen LogP contribution in [0.4, 0.5) is 4.79 Å². The van der Waals surface area contributed by atoms with Crippen molar-refractivity contribution in [1.29, 1.82) is 0 Å². The second-order valence-corrected chi connectivity index (χ2v) is 1.64. The van der Waals surface area contributed by atoms with Crippen molar-refractivity contribution in [2.24, 2.45) is 0 Å². The molecule has 2 N–H and O–H groups in total. The van der Waals surface area contributed by atoms with Crippen LogP contribution in [0.25, 0.3) is 0 Å². The van der Waals surface area contributed by atoms with Gasteiger partial charge in [-0.3, -0.25) is 0 Å². The van der Waals surface area contributed by atoms with Crippen LogP contribution in [0.15, 0.2) is 37.5 Å².